The van der Waals surface area contributed by atoms with E-state index in [0.29, 0.717) is 12.1 Å². The first-order valence-electron chi connectivity index (χ1n) is 6.51. The van der Waals surface area contributed by atoms with E-state index in [0.717, 1.165) is 6.54 Å². The quantitative estimate of drug-likeness (QED) is 0.741. The minimum Gasteiger partial charge on any atom is -0.380 e. The minimum absolute atomic E-state index is 0.445. The first kappa shape index (κ1) is 12.3. The third-order valence-electron chi connectivity index (χ3n) is 3.93. The summed E-state index contributed by atoms with van der Waals surface area (Å²) in [5, 5.41) is 0. The van der Waals surface area contributed by atoms with Crippen molar-refractivity contribution in [2.45, 2.75) is 31.4 Å². The van der Waals surface area contributed by atoms with E-state index in [2.05, 4.69) is 9.80 Å². The minimum atomic E-state index is 0.445. The largest absolute Gasteiger partial charge is 0.380 e. The summed E-state index contributed by atoms with van der Waals surface area (Å²) in [6.45, 7) is 7.07. The molecule has 0 aliphatic carbocycles. The van der Waals surface area contributed by atoms with Gasteiger partial charge in [-0.05, 0) is 32.4 Å². The van der Waals surface area contributed by atoms with E-state index in [-0.39, 0.29) is 0 Å². The number of likely N-dealkylation sites (tertiary alicyclic amines) is 2. The van der Waals surface area contributed by atoms with Crippen LogP contribution in [0.5, 0.6) is 0 Å². The summed E-state index contributed by atoms with van der Waals surface area (Å²) in [6, 6.07) is 0.445. The van der Waals surface area contributed by atoms with Gasteiger partial charge in [-0.15, -0.1) is 0 Å². The molecule has 16 heavy (non-hydrogen) atoms. The normalized spacial score (nSPS) is 30.0. The van der Waals surface area contributed by atoms with Crippen LogP contribution in [0.4, 0.5) is 0 Å². The molecule has 2 saturated heterocycles. The molecule has 2 rings (SSSR count). The Morgan fingerprint density at radius 3 is 2.31 bits per heavy atom. The highest BCUT2D eigenvalue weighted by Gasteiger charge is 2.23. The Bertz CT molecular complexity index is 202. The van der Waals surface area contributed by atoms with Gasteiger partial charge in [-0.25, -0.2) is 0 Å². The van der Waals surface area contributed by atoms with Crippen molar-refractivity contribution < 1.29 is 4.74 Å². The van der Waals surface area contributed by atoms with Gasteiger partial charge in [0.15, 0.2) is 0 Å². The lowest BCUT2D eigenvalue weighted by Crippen LogP contribution is -2.43. The molecular weight excluding hydrogens is 202 g/mol. The van der Waals surface area contributed by atoms with Gasteiger partial charge < -0.3 is 15.4 Å². The van der Waals surface area contributed by atoms with E-state index in [4.69, 9.17) is 10.5 Å². The van der Waals surface area contributed by atoms with Crippen LogP contribution in [-0.4, -0.2) is 68.3 Å². The van der Waals surface area contributed by atoms with Crippen LogP contribution in [0.15, 0.2) is 0 Å². The second kappa shape index (κ2) is 5.96. The summed E-state index contributed by atoms with van der Waals surface area (Å²) in [5.74, 6) is 0. The molecule has 94 valence electrons. The molecule has 2 heterocycles. The van der Waals surface area contributed by atoms with Gasteiger partial charge in [0.2, 0.25) is 0 Å². The molecule has 0 aromatic heterocycles. The highest BCUT2D eigenvalue weighted by atomic mass is 16.5. The molecule has 2 fully saturated rings. The maximum atomic E-state index is 5.90. The van der Waals surface area contributed by atoms with Crippen LogP contribution in [0.2, 0.25) is 0 Å². The number of nitrogens with zero attached hydrogens (tertiary/aromatic N) is 2. The van der Waals surface area contributed by atoms with Gasteiger partial charge in [-0.2, -0.15) is 0 Å². The summed E-state index contributed by atoms with van der Waals surface area (Å²) in [4.78, 5) is 5.06. The zero-order chi connectivity index (χ0) is 11.4. The third-order valence-corrected chi connectivity index (χ3v) is 3.93. The average molecular weight is 227 g/mol. The molecule has 2 aliphatic heterocycles. The van der Waals surface area contributed by atoms with E-state index in [9.17, 15) is 0 Å². The molecular formula is C12H25N3O. The van der Waals surface area contributed by atoms with Crippen molar-refractivity contribution in [3.05, 3.63) is 0 Å². The van der Waals surface area contributed by atoms with Crippen LogP contribution in [0.25, 0.3) is 0 Å². The Morgan fingerprint density at radius 2 is 1.69 bits per heavy atom. The van der Waals surface area contributed by atoms with Crippen LogP contribution in [0.3, 0.4) is 0 Å². The van der Waals surface area contributed by atoms with Crippen molar-refractivity contribution in [2.24, 2.45) is 5.73 Å². The van der Waals surface area contributed by atoms with Gasteiger partial charge in [0.25, 0.3) is 0 Å². The fourth-order valence-corrected chi connectivity index (χ4v) is 2.65. The fourth-order valence-electron chi connectivity index (χ4n) is 2.65. The zero-order valence-corrected chi connectivity index (χ0v) is 10.4. The lowest BCUT2D eigenvalue weighted by Gasteiger charge is -2.31. The van der Waals surface area contributed by atoms with Gasteiger partial charge in [-0.1, -0.05) is 0 Å². The first-order valence-corrected chi connectivity index (χ1v) is 6.51. The van der Waals surface area contributed by atoms with Gasteiger partial charge in [0.05, 0.1) is 6.10 Å². The number of ether oxygens (including phenoxy) is 1. The highest BCUT2D eigenvalue weighted by molar-refractivity contribution is 4.78. The monoisotopic (exact) mass is 227 g/mol. The Kier molecular flexibility index (Phi) is 4.58. The molecule has 4 heteroatoms. The summed E-state index contributed by atoms with van der Waals surface area (Å²) in [6.07, 6.45) is 4.00. The molecule has 0 spiro atoms. The molecule has 1 atom stereocenters. The van der Waals surface area contributed by atoms with Crippen molar-refractivity contribution in [1.82, 2.24) is 9.80 Å². The predicted molar refractivity (Wildman–Crippen MR) is 65.5 cm³/mol. The Labute approximate surface area is 98.7 Å². The first-order chi connectivity index (χ1) is 7.78. The molecule has 0 radical (unpaired) electrons. The van der Waals surface area contributed by atoms with Crippen LogP contribution < -0.4 is 5.73 Å². The van der Waals surface area contributed by atoms with Gasteiger partial charge in [0.1, 0.15) is 0 Å². The lowest BCUT2D eigenvalue weighted by molar-refractivity contribution is 0.105. The Morgan fingerprint density at radius 1 is 1.06 bits per heavy atom. The van der Waals surface area contributed by atoms with E-state index in [1.807, 2.05) is 7.11 Å². The molecule has 4 nitrogen and oxygen atoms in total. The summed E-state index contributed by atoms with van der Waals surface area (Å²) < 4.78 is 5.38. The number of methoxy groups -OCH3 is 1. The van der Waals surface area contributed by atoms with E-state index >= 15 is 0 Å². The lowest BCUT2D eigenvalue weighted by atomic mass is 10.1. The summed E-state index contributed by atoms with van der Waals surface area (Å²) in [5.41, 5.74) is 5.90. The molecule has 0 aromatic carbocycles. The molecule has 1 unspecified atom stereocenters. The maximum Gasteiger partial charge on any atom is 0.0710 e. The van der Waals surface area contributed by atoms with Crippen molar-refractivity contribution in [2.75, 3.05) is 46.4 Å². The SMILES string of the molecule is COC1CCN(CCN2CCC(N)CC2)C1. The van der Waals surface area contributed by atoms with Crippen LogP contribution in [0.1, 0.15) is 19.3 Å². The Hall–Kier alpha value is -0.160. The van der Waals surface area contributed by atoms with Gasteiger partial charge in [0, 0.05) is 39.3 Å². The number of hydrogen-bond donors (Lipinski definition) is 1. The number of nitrogens with two attached hydrogens (primary N) is 1. The third kappa shape index (κ3) is 3.42. The number of rotatable bonds is 4. The van der Waals surface area contributed by atoms with Crippen LogP contribution >= 0.6 is 0 Å². The zero-order valence-electron chi connectivity index (χ0n) is 10.4. The van der Waals surface area contributed by atoms with Crippen molar-refractivity contribution in [3.8, 4) is 0 Å². The average Bonchev–Trinajstić information content (AvgIpc) is 2.76. The predicted octanol–water partition coefficient (Wildman–Crippen LogP) is 0.130. The fraction of sp³-hybridized carbons (Fsp3) is 1.00. The standard InChI is InChI=1S/C12H25N3O/c1-16-12-4-7-15(10-12)9-8-14-5-2-11(13)3-6-14/h11-12H,2-10,13H2,1H3. The molecule has 2 N–H and O–H groups in total. The second-order valence-electron chi connectivity index (χ2n) is 5.13. The maximum absolute atomic E-state index is 5.90. The molecule has 2 aliphatic rings. The van der Waals surface area contributed by atoms with Crippen LogP contribution in [0, 0.1) is 0 Å². The molecule has 0 saturated carbocycles. The van der Waals surface area contributed by atoms with Gasteiger partial charge in [-0.3, -0.25) is 4.90 Å². The van der Waals surface area contributed by atoms with Crippen molar-refractivity contribution in [3.63, 3.8) is 0 Å². The second-order valence-corrected chi connectivity index (χ2v) is 5.13. The molecule has 0 aromatic rings. The van der Waals surface area contributed by atoms with E-state index in [1.165, 1.54) is 52.0 Å². The topological polar surface area (TPSA) is 41.7 Å². The van der Waals surface area contributed by atoms with Gasteiger partial charge >= 0.3 is 0 Å². The summed E-state index contributed by atoms with van der Waals surface area (Å²) in [7, 11) is 1.82. The molecule has 0 amide bonds. The van der Waals surface area contributed by atoms with E-state index < -0.39 is 0 Å². The van der Waals surface area contributed by atoms with Crippen molar-refractivity contribution in [1.29, 1.82) is 0 Å². The highest BCUT2D eigenvalue weighted by Crippen LogP contribution is 2.12. The number of hydrogen-bond acceptors (Lipinski definition) is 4. The Balaban J connectivity index is 1.61. The van der Waals surface area contributed by atoms with Crippen molar-refractivity contribution >= 4 is 0 Å². The van der Waals surface area contributed by atoms with E-state index in [1.54, 1.807) is 0 Å². The number of piperidine rings is 1. The van der Waals surface area contributed by atoms with Crippen LogP contribution in [-0.2, 0) is 4.74 Å². The molecule has 0 bridgehead atoms. The smallest absolute Gasteiger partial charge is 0.0710 e. The summed E-state index contributed by atoms with van der Waals surface area (Å²) >= 11 is 0.